The van der Waals surface area contributed by atoms with Crippen LogP contribution in [0.3, 0.4) is 0 Å². The third-order valence-corrected chi connectivity index (χ3v) is 9.50. The summed E-state index contributed by atoms with van der Waals surface area (Å²) in [6, 6.07) is 6.16. The number of pyridine rings is 1. The molecule has 8 heteroatoms. The molecule has 0 spiro atoms. The fourth-order valence-electron chi connectivity index (χ4n) is 7.10. The molecule has 2 aliphatic carbocycles. The Morgan fingerprint density at radius 2 is 0.977 bits per heavy atom. The molecule has 2 bridgehead atoms. The molecule has 5 nitrogen and oxygen atoms in total. The second kappa shape index (κ2) is 24.3. The molecule has 2 unspecified atom stereocenters. The van der Waals surface area contributed by atoms with Gasteiger partial charge in [0.15, 0.2) is 0 Å². The molecule has 3 aliphatic rings. The molecule has 1 aliphatic heterocycles. The van der Waals surface area contributed by atoms with Crippen molar-refractivity contribution in [2.24, 2.45) is 0 Å². The molecule has 0 amide bonds. The van der Waals surface area contributed by atoms with Crippen LogP contribution in [0.2, 0.25) is 0 Å². The van der Waals surface area contributed by atoms with E-state index in [0.29, 0.717) is 24.2 Å². The van der Waals surface area contributed by atoms with Gasteiger partial charge in [-0.2, -0.15) is 37.3 Å². The van der Waals surface area contributed by atoms with E-state index in [1.54, 1.807) is 0 Å². The van der Waals surface area contributed by atoms with E-state index in [4.69, 9.17) is 46.4 Å². The van der Waals surface area contributed by atoms with Crippen molar-refractivity contribution in [2.75, 3.05) is 13.1 Å². The van der Waals surface area contributed by atoms with Crippen LogP contribution in [-0.4, -0.2) is 42.2 Å². The number of aromatic nitrogens is 1. The van der Waals surface area contributed by atoms with Crippen LogP contribution in [0, 0.1) is 0 Å². The van der Waals surface area contributed by atoms with Gasteiger partial charge in [-0.15, -0.1) is 13.1 Å². The van der Waals surface area contributed by atoms with Crippen LogP contribution in [0.15, 0.2) is 12.1 Å². The fraction of sp³-hybridized carbons (Fsp3) is 0.857. The summed E-state index contributed by atoms with van der Waals surface area (Å²) in [5.41, 5.74) is 3.73. The molecule has 2 fully saturated rings. The summed E-state index contributed by atoms with van der Waals surface area (Å²) >= 11 is 0.00694. The molecule has 0 saturated heterocycles. The average molecular weight is 676 g/mol. The summed E-state index contributed by atoms with van der Waals surface area (Å²) < 4.78 is 0. The van der Waals surface area contributed by atoms with E-state index in [1.165, 1.54) is 134 Å². The van der Waals surface area contributed by atoms with Gasteiger partial charge < -0.3 is 21.3 Å². The van der Waals surface area contributed by atoms with Crippen molar-refractivity contribution < 1.29 is 13.1 Å². The normalized spacial score (nSPS) is 24.9. The Kier molecular flexibility index (Phi) is 21.2. The Bertz CT molecular complexity index is 783. The number of hydrogen-bond donors (Lipinski definition) is 0. The van der Waals surface area contributed by atoms with Crippen LogP contribution in [0.4, 0.5) is 0 Å². The molecule has 4 rings (SSSR count). The zero-order chi connectivity index (χ0) is 30.4. The van der Waals surface area contributed by atoms with E-state index in [2.05, 4.69) is 19.1 Å². The standard InChI is InChI=1S/C35H59N5.2ClH.Mn/c1-2-3-4-5-6-7-8-9-10-11-12-13-18-29-25-30-27-38-34-21-16-14-19-32(34)36-23-24-37-33-20-15-17-22-35(33)39-28-31(26-29)40-30;;;/h25-26,32-35H,2-24,27-28H2,1H3;2*1H;/q-4;;;+2/p-2/t32-,33?,34+,35?;;;/m1.../s1. The molecule has 1 aromatic rings. The average Bonchev–Trinajstić information content (AvgIpc) is 3.03. The van der Waals surface area contributed by atoms with Gasteiger partial charge in [-0.1, -0.05) is 129 Å². The van der Waals surface area contributed by atoms with Gasteiger partial charge in [-0.05, 0) is 30.5 Å². The third-order valence-electron chi connectivity index (χ3n) is 9.50. The number of aryl methyl sites for hydroxylation is 1. The Morgan fingerprint density at radius 1 is 0.605 bits per heavy atom. The first-order valence-electron chi connectivity index (χ1n) is 17.8. The maximum absolute atomic E-state index is 5.19. The summed E-state index contributed by atoms with van der Waals surface area (Å²) in [7, 11) is 9.59. The summed E-state index contributed by atoms with van der Waals surface area (Å²) in [6.45, 7) is 5.47. The molecule has 2 heterocycles. The Morgan fingerprint density at radius 3 is 1.40 bits per heavy atom. The van der Waals surface area contributed by atoms with Crippen LogP contribution in [-0.2, 0) is 32.6 Å². The topological polar surface area (TPSA) is 69.3 Å². The molecular weight excluding hydrogens is 616 g/mol. The summed E-state index contributed by atoms with van der Waals surface area (Å²) in [4.78, 5) is 5.08. The van der Waals surface area contributed by atoms with Crippen LogP contribution >= 0.6 is 20.2 Å². The van der Waals surface area contributed by atoms with E-state index in [0.717, 1.165) is 44.0 Å². The molecular formula is C35H59Cl2MnN5-4. The number of nitrogens with zero attached hydrogens (tertiary/aromatic N) is 5. The minimum atomic E-state index is 0.00694. The second-order valence-corrected chi connectivity index (χ2v) is 14.9. The number of fused-ring (bicyclic) bond motifs is 4. The van der Waals surface area contributed by atoms with Gasteiger partial charge in [-0.3, -0.25) is 4.98 Å². The van der Waals surface area contributed by atoms with Crippen LogP contribution in [0.5, 0.6) is 0 Å². The van der Waals surface area contributed by atoms with E-state index < -0.39 is 0 Å². The zero-order valence-corrected chi connectivity index (χ0v) is 29.7. The number of hydrogen-bond acceptors (Lipinski definition) is 1. The number of halogens is 2. The quantitative estimate of drug-likeness (QED) is 0.152. The zero-order valence-electron chi connectivity index (χ0n) is 27.0. The van der Waals surface area contributed by atoms with E-state index in [1.807, 2.05) is 0 Å². The van der Waals surface area contributed by atoms with Crippen molar-refractivity contribution in [1.82, 2.24) is 4.98 Å². The van der Waals surface area contributed by atoms with Crippen molar-refractivity contribution in [3.63, 3.8) is 0 Å². The molecule has 1 aromatic heterocycles. The van der Waals surface area contributed by atoms with Gasteiger partial charge in [-0.25, -0.2) is 0 Å². The van der Waals surface area contributed by atoms with Crippen molar-refractivity contribution in [1.29, 1.82) is 0 Å². The fourth-order valence-corrected chi connectivity index (χ4v) is 7.10. The Labute approximate surface area is 279 Å². The Hall–Kier alpha value is 0.0895. The minimum absolute atomic E-state index is 0.00694. The third kappa shape index (κ3) is 16.0. The molecule has 0 aromatic carbocycles. The first-order valence-corrected chi connectivity index (χ1v) is 21.0. The van der Waals surface area contributed by atoms with E-state index in [-0.39, 0.29) is 13.1 Å². The van der Waals surface area contributed by atoms with Crippen LogP contribution in [0.1, 0.15) is 152 Å². The number of rotatable bonds is 13. The van der Waals surface area contributed by atoms with E-state index >= 15 is 0 Å². The number of unbranched alkanes of at least 4 members (excludes halogenated alkanes) is 11. The molecule has 4 atom stereocenters. The van der Waals surface area contributed by atoms with Gasteiger partial charge in [0.25, 0.3) is 0 Å². The molecule has 0 radical (unpaired) electrons. The predicted molar refractivity (Wildman–Crippen MR) is 183 cm³/mol. The maximum atomic E-state index is 5.19. The SMILES string of the molecule is CCCCCCCCCCCCCCc1cc2nc(c1)C[N-][C@H]1CCCC[C@H]1[N-]CC[N-]C1CCCCC1[N-]C2.[Cl][Mn][Cl]. The monoisotopic (exact) mass is 674 g/mol. The van der Waals surface area contributed by atoms with Gasteiger partial charge >= 0.3 is 33.3 Å². The van der Waals surface area contributed by atoms with Gasteiger partial charge in [0, 0.05) is 11.4 Å². The first kappa shape index (κ1) is 37.5. The Balaban J connectivity index is 0.00000162. The summed E-state index contributed by atoms with van der Waals surface area (Å²) in [5, 5.41) is 20.6. The molecule has 0 N–H and O–H groups in total. The molecule has 43 heavy (non-hydrogen) atoms. The molecule has 249 valence electrons. The summed E-state index contributed by atoms with van der Waals surface area (Å²) in [5.74, 6) is 0. The van der Waals surface area contributed by atoms with Crippen LogP contribution in [0.25, 0.3) is 21.3 Å². The van der Waals surface area contributed by atoms with Crippen LogP contribution < -0.4 is 0 Å². The first-order chi connectivity index (χ1) is 21.2. The summed E-state index contributed by atoms with van der Waals surface area (Å²) in [6.07, 6.45) is 27.8. The van der Waals surface area contributed by atoms with Crippen molar-refractivity contribution in [3.8, 4) is 0 Å². The van der Waals surface area contributed by atoms with Gasteiger partial charge in [0.2, 0.25) is 0 Å². The van der Waals surface area contributed by atoms with Crippen molar-refractivity contribution in [3.05, 3.63) is 50.4 Å². The van der Waals surface area contributed by atoms with E-state index in [9.17, 15) is 0 Å². The van der Waals surface area contributed by atoms with Crippen molar-refractivity contribution in [2.45, 2.75) is 179 Å². The van der Waals surface area contributed by atoms with Gasteiger partial charge in [0.05, 0.1) is 0 Å². The van der Waals surface area contributed by atoms with Crippen molar-refractivity contribution >= 4 is 20.2 Å². The van der Waals surface area contributed by atoms with Gasteiger partial charge in [0.1, 0.15) is 0 Å². The molecule has 2 saturated carbocycles. The predicted octanol–water partition coefficient (Wildman–Crippen LogP) is 11.8. The second-order valence-electron chi connectivity index (χ2n) is 13.0.